The van der Waals surface area contributed by atoms with Crippen molar-refractivity contribution in [2.24, 2.45) is 7.05 Å². The van der Waals surface area contributed by atoms with E-state index in [2.05, 4.69) is 19.5 Å². The van der Waals surface area contributed by atoms with Crippen molar-refractivity contribution in [2.45, 2.75) is 20.0 Å². The van der Waals surface area contributed by atoms with Crippen molar-refractivity contribution >= 4 is 27.5 Å². The molecule has 0 saturated heterocycles. The Hall–Kier alpha value is -3.78. The summed E-state index contributed by atoms with van der Waals surface area (Å²) in [5, 5.41) is 13.8. The number of aryl methyl sites for hydroxylation is 2. The van der Waals surface area contributed by atoms with Gasteiger partial charge < -0.3 is 10.5 Å². The number of ether oxygens (including phenoxy) is 1. The number of nitrogen functional groups attached to an aromatic ring is 1. The Morgan fingerprint density at radius 2 is 2.07 bits per heavy atom. The summed E-state index contributed by atoms with van der Waals surface area (Å²) in [5.41, 5.74) is 8.81. The number of hydrogen-bond acceptors (Lipinski definition) is 7. The molecule has 154 valence electrons. The number of benzene rings is 1. The highest BCUT2D eigenvalue weighted by molar-refractivity contribution is 7.94. The SMILES string of the molecule is Cc1ccc2c(c1)[C@@H](C)Oc1cc(cnc1N)-c1c(nn(C)c1C#N)NS(=O)(=O)N2. The second kappa shape index (κ2) is 6.93. The highest BCUT2D eigenvalue weighted by Crippen LogP contribution is 2.38. The van der Waals surface area contributed by atoms with Gasteiger partial charge in [-0.2, -0.15) is 18.8 Å². The summed E-state index contributed by atoms with van der Waals surface area (Å²) in [5.74, 6) is 0.477. The molecule has 0 fully saturated rings. The summed E-state index contributed by atoms with van der Waals surface area (Å²) >= 11 is 0. The molecule has 0 saturated carbocycles. The number of anilines is 3. The van der Waals surface area contributed by atoms with Gasteiger partial charge in [0.2, 0.25) is 0 Å². The minimum atomic E-state index is -4.07. The molecule has 4 N–H and O–H groups in total. The van der Waals surface area contributed by atoms with Crippen molar-refractivity contribution in [1.82, 2.24) is 14.8 Å². The van der Waals surface area contributed by atoms with Crippen LogP contribution in [0.15, 0.2) is 30.5 Å². The standard InChI is InChI=1S/C19H19N7O3S/c1-10-4-5-14-13(6-10)11(2)29-16-7-12(9-22-18(16)21)17-15(8-20)26(3)23-19(17)25-30(27,28)24-14/h4-7,9,11,24H,1-3H3,(H2,21,22)(H,23,25)/t11-/m1/s1. The molecule has 0 amide bonds. The van der Waals surface area contributed by atoms with Gasteiger partial charge in [-0.05, 0) is 26.0 Å². The van der Waals surface area contributed by atoms with E-state index < -0.39 is 16.3 Å². The van der Waals surface area contributed by atoms with Crippen LogP contribution in [0.4, 0.5) is 17.3 Å². The Kier molecular flexibility index (Phi) is 4.51. The third-order valence-electron chi connectivity index (χ3n) is 4.75. The van der Waals surface area contributed by atoms with Crippen molar-refractivity contribution in [3.63, 3.8) is 0 Å². The number of pyridine rings is 1. The minimum absolute atomic E-state index is 0.0126. The maximum absolute atomic E-state index is 12.9. The smallest absolute Gasteiger partial charge is 0.322 e. The highest BCUT2D eigenvalue weighted by atomic mass is 32.2. The Balaban J connectivity index is 2.00. The van der Waals surface area contributed by atoms with Crippen LogP contribution in [0.5, 0.6) is 5.75 Å². The first-order valence-corrected chi connectivity index (χ1v) is 10.5. The molecule has 1 aliphatic heterocycles. The van der Waals surface area contributed by atoms with Crippen molar-refractivity contribution < 1.29 is 13.2 Å². The molecule has 2 aromatic heterocycles. The second-order valence-electron chi connectivity index (χ2n) is 6.97. The molecule has 3 aromatic rings. The van der Waals surface area contributed by atoms with Crippen LogP contribution < -0.4 is 19.9 Å². The zero-order valence-electron chi connectivity index (χ0n) is 16.5. The van der Waals surface area contributed by atoms with E-state index in [4.69, 9.17) is 10.5 Å². The molecule has 30 heavy (non-hydrogen) atoms. The van der Waals surface area contributed by atoms with Crippen LogP contribution in [0.2, 0.25) is 0 Å². The molecule has 4 rings (SSSR count). The van der Waals surface area contributed by atoms with Crippen LogP contribution in [0.1, 0.15) is 29.8 Å². The van der Waals surface area contributed by atoms with Crippen LogP contribution >= 0.6 is 0 Å². The Morgan fingerprint density at radius 3 is 2.80 bits per heavy atom. The molecule has 10 nitrogen and oxygen atoms in total. The molecule has 3 heterocycles. The summed E-state index contributed by atoms with van der Waals surface area (Å²) in [4.78, 5) is 4.17. The number of hydrogen-bond donors (Lipinski definition) is 3. The maximum Gasteiger partial charge on any atom is 0.322 e. The van der Waals surface area contributed by atoms with Gasteiger partial charge in [0, 0.05) is 24.4 Å². The van der Waals surface area contributed by atoms with E-state index in [1.807, 2.05) is 19.1 Å². The Bertz CT molecular complexity index is 1310. The minimum Gasteiger partial charge on any atom is -0.482 e. The lowest BCUT2D eigenvalue weighted by molar-refractivity contribution is 0.228. The van der Waals surface area contributed by atoms with Crippen LogP contribution in [0, 0.1) is 18.3 Å². The summed E-state index contributed by atoms with van der Waals surface area (Å²) < 4.78 is 38.0. The summed E-state index contributed by atoms with van der Waals surface area (Å²) in [6.07, 6.45) is 0.907. The molecule has 0 aliphatic carbocycles. The molecule has 1 aliphatic rings. The number of rotatable bonds is 0. The molecule has 1 atom stereocenters. The van der Waals surface area contributed by atoms with Gasteiger partial charge in [0.15, 0.2) is 17.4 Å². The number of fused-ring (bicyclic) bond motifs is 5. The quantitative estimate of drug-likeness (QED) is 0.501. The van der Waals surface area contributed by atoms with E-state index in [1.165, 1.54) is 10.9 Å². The molecule has 0 radical (unpaired) electrons. The first kappa shape index (κ1) is 19.5. The van der Waals surface area contributed by atoms with Gasteiger partial charge in [-0.3, -0.25) is 9.40 Å². The largest absolute Gasteiger partial charge is 0.482 e. The summed E-state index contributed by atoms with van der Waals surface area (Å²) in [6, 6.07) is 8.95. The van der Waals surface area contributed by atoms with Gasteiger partial charge >= 0.3 is 10.2 Å². The van der Waals surface area contributed by atoms with Crippen LogP contribution in [0.3, 0.4) is 0 Å². The molecule has 0 spiro atoms. The van der Waals surface area contributed by atoms with Crippen molar-refractivity contribution in [3.05, 3.63) is 47.3 Å². The fraction of sp³-hybridized carbons (Fsp3) is 0.211. The van der Waals surface area contributed by atoms with E-state index in [-0.39, 0.29) is 22.9 Å². The number of aromatic nitrogens is 3. The van der Waals surface area contributed by atoms with E-state index in [1.54, 1.807) is 32.2 Å². The maximum atomic E-state index is 12.9. The number of nitrogens with one attached hydrogen (secondary N) is 2. The average Bonchev–Trinajstić information content (AvgIpc) is 2.98. The number of nitriles is 1. The normalized spacial score (nSPS) is 16.9. The van der Waals surface area contributed by atoms with E-state index in [9.17, 15) is 13.7 Å². The second-order valence-corrected chi connectivity index (χ2v) is 8.39. The van der Waals surface area contributed by atoms with Crippen LogP contribution in [0.25, 0.3) is 11.1 Å². The van der Waals surface area contributed by atoms with Crippen LogP contribution in [-0.2, 0) is 17.3 Å². The van der Waals surface area contributed by atoms with Gasteiger partial charge in [0.05, 0.1) is 11.3 Å². The lowest BCUT2D eigenvalue weighted by Gasteiger charge is -2.22. The fourth-order valence-corrected chi connectivity index (χ4v) is 4.27. The topological polar surface area (TPSA) is 148 Å². The monoisotopic (exact) mass is 425 g/mol. The van der Waals surface area contributed by atoms with Gasteiger partial charge in [-0.1, -0.05) is 17.7 Å². The van der Waals surface area contributed by atoms with Gasteiger partial charge in [-0.25, -0.2) is 9.71 Å². The van der Waals surface area contributed by atoms with E-state index in [0.717, 1.165) is 5.56 Å². The van der Waals surface area contributed by atoms with Crippen molar-refractivity contribution in [3.8, 4) is 22.9 Å². The molecule has 1 aromatic carbocycles. The molecule has 0 unspecified atom stereocenters. The summed E-state index contributed by atoms with van der Waals surface area (Å²) in [6.45, 7) is 3.68. The number of nitrogens with zero attached hydrogens (tertiary/aromatic N) is 4. The lowest BCUT2D eigenvalue weighted by Crippen LogP contribution is -2.24. The predicted octanol–water partition coefficient (Wildman–Crippen LogP) is 2.47. The first-order chi connectivity index (χ1) is 14.2. The zero-order chi connectivity index (χ0) is 21.6. The van der Waals surface area contributed by atoms with Gasteiger partial charge in [0.1, 0.15) is 17.9 Å². The first-order valence-electron chi connectivity index (χ1n) is 8.99. The molecule has 2 bridgehead atoms. The zero-order valence-corrected chi connectivity index (χ0v) is 17.3. The Labute approximate surface area is 173 Å². The third kappa shape index (κ3) is 3.37. The van der Waals surface area contributed by atoms with E-state index in [0.29, 0.717) is 22.6 Å². The molecule has 11 heteroatoms. The molecular formula is C19H19N7O3S. The van der Waals surface area contributed by atoms with Crippen LogP contribution in [-0.4, -0.2) is 23.2 Å². The lowest BCUT2D eigenvalue weighted by atomic mass is 10.0. The number of nitrogens with two attached hydrogens (primary N) is 1. The van der Waals surface area contributed by atoms with Crippen molar-refractivity contribution in [1.29, 1.82) is 5.26 Å². The highest BCUT2D eigenvalue weighted by Gasteiger charge is 2.26. The fourth-order valence-electron chi connectivity index (χ4n) is 3.35. The van der Waals surface area contributed by atoms with Gasteiger partial charge in [-0.15, -0.1) is 0 Å². The van der Waals surface area contributed by atoms with Crippen molar-refractivity contribution in [2.75, 3.05) is 15.2 Å². The molecular weight excluding hydrogens is 406 g/mol. The summed E-state index contributed by atoms with van der Waals surface area (Å²) in [7, 11) is -2.52. The van der Waals surface area contributed by atoms with Gasteiger partial charge in [0.25, 0.3) is 0 Å². The average molecular weight is 425 g/mol. The Morgan fingerprint density at radius 1 is 1.30 bits per heavy atom. The predicted molar refractivity (Wildman–Crippen MR) is 112 cm³/mol. The third-order valence-corrected chi connectivity index (χ3v) is 5.70. The van der Waals surface area contributed by atoms with E-state index >= 15 is 0 Å².